The number of pyridine rings is 1. The summed E-state index contributed by atoms with van der Waals surface area (Å²) >= 11 is 6.14. The van der Waals surface area contributed by atoms with E-state index < -0.39 is 0 Å². The van der Waals surface area contributed by atoms with Gasteiger partial charge in [0.15, 0.2) is 0 Å². The first-order chi connectivity index (χ1) is 9.83. The predicted octanol–water partition coefficient (Wildman–Crippen LogP) is 4.72. The molecule has 0 aliphatic carbocycles. The lowest BCUT2D eigenvalue weighted by Gasteiger charge is -2.20. The largest absolute Gasteiger partial charge is 0.437 e. The summed E-state index contributed by atoms with van der Waals surface area (Å²) in [5, 5.41) is 3.99. The van der Waals surface area contributed by atoms with E-state index in [4.69, 9.17) is 16.3 Å². The van der Waals surface area contributed by atoms with Gasteiger partial charge in [-0.25, -0.2) is 4.98 Å². The van der Waals surface area contributed by atoms with Crippen molar-refractivity contribution in [1.82, 2.24) is 10.3 Å². The fraction of sp³-hybridized carbons (Fsp3) is 0.353. The molecule has 0 aliphatic heterocycles. The molecule has 1 N–H and O–H groups in total. The smallest absolute Gasteiger partial charge is 0.219 e. The fourth-order valence-corrected chi connectivity index (χ4v) is 1.93. The fourth-order valence-electron chi connectivity index (χ4n) is 1.77. The van der Waals surface area contributed by atoms with Crippen molar-refractivity contribution >= 4 is 11.6 Å². The molecule has 2 aromatic rings. The van der Waals surface area contributed by atoms with Crippen molar-refractivity contribution in [3.63, 3.8) is 0 Å². The topological polar surface area (TPSA) is 34.1 Å². The van der Waals surface area contributed by atoms with Gasteiger partial charge in [-0.1, -0.05) is 23.7 Å². The average Bonchev–Trinajstić information content (AvgIpc) is 2.40. The number of aromatic nitrogens is 1. The Hall–Kier alpha value is -1.58. The number of aryl methyl sites for hydroxylation is 1. The molecular weight excluding hydrogens is 284 g/mol. The van der Waals surface area contributed by atoms with Crippen LogP contribution < -0.4 is 10.1 Å². The van der Waals surface area contributed by atoms with Crippen LogP contribution in [-0.2, 0) is 6.54 Å². The number of halogens is 1. The lowest BCUT2D eigenvalue weighted by molar-refractivity contribution is 0.416. The van der Waals surface area contributed by atoms with Gasteiger partial charge in [0.2, 0.25) is 5.88 Å². The molecule has 0 saturated carbocycles. The standard InChI is InChI=1S/C17H21ClN2O/c1-12-8-9-14(18)15(10-12)21-16-7-5-6-13(20-16)11-19-17(2,3)4/h5-10,19H,11H2,1-4H3. The zero-order chi connectivity index (χ0) is 15.5. The van der Waals surface area contributed by atoms with Gasteiger partial charge in [-0.3, -0.25) is 0 Å². The molecule has 2 rings (SSSR count). The molecule has 0 fully saturated rings. The number of nitrogens with one attached hydrogen (secondary N) is 1. The van der Waals surface area contributed by atoms with Crippen molar-refractivity contribution in [2.75, 3.05) is 0 Å². The van der Waals surface area contributed by atoms with Crippen LogP contribution in [0.25, 0.3) is 0 Å². The Balaban J connectivity index is 2.12. The van der Waals surface area contributed by atoms with Crippen LogP contribution in [0.2, 0.25) is 5.02 Å². The van der Waals surface area contributed by atoms with E-state index in [0.29, 0.717) is 23.2 Å². The van der Waals surface area contributed by atoms with Gasteiger partial charge in [0.05, 0.1) is 10.7 Å². The molecule has 0 spiro atoms. The van der Waals surface area contributed by atoms with Crippen LogP contribution in [0.3, 0.4) is 0 Å². The van der Waals surface area contributed by atoms with Gasteiger partial charge in [-0.05, 0) is 51.5 Å². The molecule has 0 amide bonds. The summed E-state index contributed by atoms with van der Waals surface area (Å²) in [4.78, 5) is 4.50. The maximum atomic E-state index is 6.14. The number of rotatable bonds is 4. The van der Waals surface area contributed by atoms with E-state index in [1.807, 2.05) is 43.3 Å². The first-order valence-corrected chi connectivity index (χ1v) is 7.36. The molecule has 0 radical (unpaired) electrons. The third-order valence-corrected chi connectivity index (χ3v) is 3.19. The molecular formula is C17H21ClN2O. The van der Waals surface area contributed by atoms with Crippen molar-refractivity contribution in [1.29, 1.82) is 0 Å². The predicted molar refractivity (Wildman–Crippen MR) is 87.1 cm³/mol. The summed E-state index contributed by atoms with van der Waals surface area (Å²) in [6.45, 7) is 9.07. The van der Waals surface area contributed by atoms with Crippen LogP contribution in [0.1, 0.15) is 32.0 Å². The van der Waals surface area contributed by atoms with Crippen molar-refractivity contribution in [2.24, 2.45) is 0 Å². The van der Waals surface area contributed by atoms with Crippen molar-refractivity contribution in [3.05, 3.63) is 52.7 Å². The monoisotopic (exact) mass is 304 g/mol. The summed E-state index contributed by atoms with van der Waals surface area (Å²) in [5.74, 6) is 1.18. The Morgan fingerprint density at radius 2 is 1.95 bits per heavy atom. The second-order valence-electron chi connectivity index (χ2n) is 6.11. The summed E-state index contributed by atoms with van der Waals surface area (Å²) in [6.07, 6.45) is 0. The van der Waals surface area contributed by atoms with Crippen LogP contribution in [-0.4, -0.2) is 10.5 Å². The van der Waals surface area contributed by atoms with E-state index in [1.54, 1.807) is 0 Å². The number of hydrogen-bond donors (Lipinski definition) is 1. The zero-order valence-electron chi connectivity index (χ0n) is 12.9. The van der Waals surface area contributed by atoms with E-state index in [0.717, 1.165) is 11.3 Å². The Labute approximate surface area is 131 Å². The van der Waals surface area contributed by atoms with Gasteiger partial charge < -0.3 is 10.1 Å². The molecule has 3 nitrogen and oxygen atoms in total. The highest BCUT2D eigenvalue weighted by Crippen LogP contribution is 2.29. The third-order valence-electron chi connectivity index (χ3n) is 2.88. The van der Waals surface area contributed by atoms with Crippen LogP contribution in [0.15, 0.2) is 36.4 Å². The molecule has 0 saturated heterocycles. The van der Waals surface area contributed by atoms with E-state index in [9.17, 15) is 0 Å². The second-order valence-corrected chi connectivity index (χ2v) is 6.51. The van der Waals surface area contributed by atoms with E-state index in [1.165, 1.54) is 0 Å². The SMILES string of the molecule is Cc1ccc(Cl)c(Oc2cccc(CNC(C)(C)C)n2)c1. The van der Waals surface area contributed by atoms with Crippen LogP contribution in [0.4, 0.5) is 0 Å². The number of benzene rings is 1. The van der Waals surface area contributed by atoms with Gasteiger partial charge >= 0.3 is 0 Å². The average molecular weight is 305 g/mol. The van der Waals surface area contributed by atoms with E-state index in [-0.39, 0.29) is 5.54 Å². The molecule has 0 aliphatic rings. The van der Waals surface area contributed by atoms with Gasteiger partial charge in [-0.2, -0.15) is 0 Å². The third kappa shape index (κ3) is 5.03. The number of hydrogen-bond acceptors (Lipinski definition) is 3. The van der Waals surface area contributed by atoms with Crippen molar-refractivity contribution < 1.29 is 4.74 Å². The van der Waals surface area contributed by atoms with Gasteiger partial charge in [0, 0.05) is 18.2 Å². The van der Waals surface area contributed by atoms with Crippen LogP contribution in [0, 0.1) is 6.92 Å². The lowest BCUT2D eigenvalue weighted by Crippen LogP contribution is -2.35. The Morgan fingerprint density at radius 1 is 1.19 bits per heavy atom. The minimum absolute atomic E-state index is 0.0540. The van der Waals surface area contributed by atoms with Gasteiger partial charge in [0.25, 0.3) is 0 Å². The number of ether oxygens (including phenoxy) is 1. The maximum absolute atomic E-state index is 6.14. The summed E-state index contributed by atoms with van der Waals surface area (Å²) in [5.41, 5.74) is 2.09. The number of nitrogens with zero attached hydrogens (tertiary/aromatic N) is 1. The zero-order valence-corrected chi connectivity index (χ0v) is 13.7. The van der Waals surface area contributed by atoms with Crippen molar-refractivity contribution in [2.45, 2.75) is 39.8 Å². The minimum Gasteiger partial charge on any atom is -0.437 e. The second kappa shape index (κ2) is 6.46. The molecule has 1 heterocycles. The normalized spacial score (nSPS) is 11.5. The molecule has 0 atom stereocenters. The van der Waals surface area contributed by atoms with Crippen molar-refractivity contribution in [3.8, 4) is 11.6 Å². The highest BCUT2D eigenvalue weighted by Gasteiger charge is 2.10. The molecule has 0 unspecified atom stereocenters. The first kappa shape index (κ1) is 15.8. The van der Waals surface area contributed by atoms with Gasteiger partial charge in [0.1, 0.15) is 5.75 Å². The summed E-state index contributed by atoms with van der Waals surface area (Å²) in [6, 6.07) is 11.4. The molecule has 21 heavy (non-hydrogen) atoms. The summed E-state index contributed by atoms with van der Waals surface area (Å²) in [7, 11) is 0. The van der Waals surface area contributed by atoms with Gasteiger partial charge in [-0.15, -0.1) is 0 Å². The lowest BCUT2D eigenvalue weighted by atomic mass is 10.1. The molecule has 1 aromatic heterocycles. The van der Waals surface area contributed by atoms with E-state index in [2.05, 4.69) is 31.1 Å². The highest BCUT2D eigenvalue weighted by atomic mass is 35.5. The Morgan fingerprint density at radius 3 is 2.67 bits per heavy atom. The molecule has 0 bridgehead atoms. The van der Waals surface area contributed by atoms with Crippen LogP contribution >= 0.6 is 11.6 Å². The molecule has 112 valence electrons. The highest BCUT2D eigenvalue weighted by molar-refractivity contribution is 6.32. The van der Waals surface area contributed by atoms with E-state index >= 15 is 0 Å². The quantitative estimate of drug-likeness (QED) is 0.887. The molecule has 1 aromatic carbocycles. The molecule has 4 heteroatoms. The Bertz CT molecular complexity index is 620. The minimum atomic E-state index is 0.0540. The first-order valence-electron chi connectivity index (χ1n) is 6.98. The summed E-state index contributed by atoms with van der Waals surface area (Å²) < 4.78 is 5.79. The maximum Gasteiger partial charge on any atom is 0.219 e. The Kier molecular flexibility index (Phi) is 4.86. The van der Waals surface area contributed by atoms with Crippen LogP contribution in [0.5, 0.6) is 11.6 Å².